The number of ether oxygens (including phenoxy) is 3. The van der Waals surface area contributed by atoms with Crippen LogP contribution in [0.2, 0.25) is 0 Å². The lowest BCUT2D eigenvalue weighted by molar-refractivity contribution is -0.161. The first-order valence-corrected chi connectivity index (χ1v) is 13.7. The van der Waals surface area contributed by atoms with Crippen molar-refractivity contribution < 1.29 is 27.5 Å². The predicted octanol–water partition coefficient (Wildman–Crippen LogP) is 3.16. The Kier molecular flexibility index (Phi) is 8.20. The zero-order chi connectivity index (χ0) is 21.7. The van der Waals surface area contributed by atoms with Gasteiger partial charge in [-0.1, -0.05) is 51.1 Å². The first-order chi connectivity index (χ1) is 15.2. The second-order valence-electron chi connectivity index (χ2n) is 8.98. The van der Waals surface area contributed by atoms with Crippen molar-refractivity contribution in [1.82, 2.24) is 0 Å². The van der Waals surface area contributed by atoms with Crippen LogP contribution < -0.4 is 5.19 Å². The summed E-state index contributed by atoms with van der Waals surface area (Å²) in [5, 5.41) is 0.988. The SMILES string of the molecule is CCC1COC1CO[Si](OCC1OCC1CC)(OCC1OCC1CC)c1ccccc1. The summed E-state index contributed by atoms with van der Waals surface area (Å²) in [5.41, 5.74) is 0. The van der Waals surface area contributed by atoms with E-state index < -0.39 is 8.80 Å². The standard InChI is InChI=1S/C24H38O6Si/c1-4-18-12-25-22(18)15-28-31(21-10-8-7-9-11-21,29-16-23-19(5-2)13-26-23)30-17-24-20(6-3)14-27-24/h7-11,18-20,22-24H,4-6,12-17H2,1-3H3. The largest absolute Gasteiger partial charge is 0.537 e. The molecule has 3 aliphatic rings. The summed E-state index contributed by atoms with van der Waals surface area (Å²) in [6.45, 7) is 10.5. The van der Waals surface area contributed by atoms with Gasteiger partial charge in [-0.15, -0.1) is 0 Å². The van der Waals surface area contributed by atoms with Gasteiger partial charge in [-0.05, 0) is 19.3 Å². The van der Waals surface area contributed by atoms with Crippen LogP contribution in [0.1, 0.15) is 40.0 Å². The lowest BCUT2D eigenvalue weighted by atomic mass is 9.96. The van der Waals surface area contributed by atoms with Crippen LogP contribution >= 0.6 is 0 Å². The maximum Gasteiger partial charge on any atom is 0.537 e. The molecule has 174 valence electrons. The number of rotatable bonds is 13. The molecule has 3 aliphatic heterocycles. The van der Waals surface area contributed by atoms with Crippen molar-refractivity contribution in [2.75, 3.05) is 39.6 Å². The molecule has 0 radical (unpaired) electrons. The molecule has 3 saturated heterocycles. The molecule has 0 N–H and O–H groups in total. The number of hydrogen-bond acceptors (Lipinski definition) is 6. The highest BCUT2D eigenvalue weighted by atomic mass is 28.4. The van der Waals surface area contributed by atoms with Gasteiger partial charge < -0.3 is 27.5 Å². The van der Waals surface area contributed by atoms with E-state index in [1.807, 2.05) is 18.2 Å². The quantitative estimate of drug-likeness (QED) is 0.430. The predicted molar refractivity (Wildman–Crippen MR) is 120 cm³/mol. The molecular formula is C24H38O6Si. The normalized spacial score (nSPS) is 34.3. The van der Waals surface area contributed by atoms with Crippen molar-refractivity contribution in [3.05, 3.63) is 30.3 Å². The zero-order valence-corrected chi connectivity index (χ0v) is 20.2. The van der Waals surface area contributed by atoms with Crippen LogP contribution in [0.4, 0.5) is 0 Å². The molecule has 6 unspecified atom stereocenters. The van der Waals surface area contributed by atoms with Crippen molar-refractivity contribution in [1.29, 1.82) is 0 Å². The van der Waals surface area contributed by atoms with E-state index in [9.17, 15) is 0 Å². The van der Waals surface area contributed by atoms with E-state index in [0.29, 0.717) is 37.6 Å². The molecule has 4 rings (SSSR count). The molecule has 0 amide bonds. The molecule has 6 nitrogen and oxygen atoms in total. The highest BCUT2D eigenvalue weighted by Gasteiger charge is 2.49. The van der Waals surface area contributed by atoms with Crippen molar-refractivity contribution in [3.8, 4) is 0 Å². The van der Waals surface area contributed by atoms with Gasteiger partial charge >= 0.3 is 8.80 Å². The van der Waals surface area contributed by atoms with E-state index in [0.717, 1.165) is 44.3 Å². The van der Waals surface area contributed by atoms with Crippen molar-refractivity contribution >= 4 is 14.0 Å². The maximum absolute atomic E-state index is 6.59. The van der Waals surface area contributed by atoms with Gasteiger partial charge in [0.05, 0.1) is 58.0 Å². The van der Waals surface area contributed by atoms with Gasteiger partial charge in [0.25, 0.3) is 0 Å². The topological polar surface area (TPSA) is 55.4 Å². The Morgan fingerprint density at radius 3 is 1.35 bits per heavy atom. The molecule has 0 bridgehead atoms. The Bertz CT molecular complexity index is 607. The first-order valence-electron chi connectivity index (χ1n) is 12.0. The molecule has 0 spiro atoms. The zero-order valence-electron chi connectivity index (χ0n) is 19.2. The van der Waals surface area contributed by atoms with Gasteiger partial charge in [0.2, 0.25) is 0 Å². The molecule has 0 aromatic heterocycles. The van der Waals surface area contributed by atoms with Gasteiger partial charge in [0, 0.05) is 22.9 Å². The fourth-order valence-electron chi connectivity index (χ4n) is 4.39. The number of benzene rings is 1. The monoisotopic (exact) mass is 450 g/mol. The third-order valence-corrected chi connectivity index (χ3v) is 9.84. The van der Waals surface area contributed by atoms with Gasteiger partial charge in [0.1, 0.15) is 0 Å². The van der Waals surface area contributed by atoms with Crippen LogP contribution in [0.25, 0.3) is 0 Å². The molecule has 3 heterocycles. The maximum atomic E-state index is 6.59. The Morgan fingerprint density at radius 2 is 1.06 bits per heavy atom. The summed E-state index contributed by atoms with van der Waals surface area (Å²) >= 11 is 0. The van der Waals surface area contributed by atoms with E-state index in [4.69, 9.17) is 27.5 Å². The van der Waals surface area contributed by atoms with Gasteiger partial charge in [0.15, 0.2) is 0 Å². The van der Waals surface area contributed by atoms with E-state index in [1.165, 1.54) is 0 Å². The van der Waals surface area contributed by atoms with Crippen LogP contribution in [0.5, 0.6) is 0 Å². The minimum absolute atomic E-state index is 0.111. The van der Waals surface area contributed by atoms with E-state index in [2.05, 4.69) is 32.9 Å². The van der Waals surface area contributed by atoms with Crippen molar-refractivity contribution in [2.24, 2.45) is 17.8 Å². The molecule has 1 aromatic carbocycles. The fourth-order valence-corrected chi connectivity index (χ4v) is 6.89. The van der Waals surface area contributed by atoms with E-state index >= 15 is 0 Å². The Balaban J connectivity index is 1.50. The van der Waals surface area contributed by atoms with Gasteiger partial charge in [-0.25, -0.2) is 0 Å². The smallest absolute Gasteiger partial charge is 0.375 e. The van der Waals surface area contributed by atoms with E-state index in [1.54, 1.807) is 0 Å². The Labute approximate surface area is 187 Å². The highest BCUT2D eigenvalue weighted by Crippen LogP contribution is 2.29. The molecule has 3 fully saturated rings. The van der Waals surface area contributed by atoms with Crippen molar-refractivity contribution in [2.45, 2.75) is 58.3 Å². The molecule has 1 aromatic rings. The molecule has 0 saturated carbocycles. The van der Waals surface area contributed by atoms with Crippen LogP contribution in [-0.4, -0.2) is 66.8 Å². The summed E-state index contributed by atoms with van der Waals surface area (Å²) in [7, 11) is -3.17. The third-order valence-electron chi connectivity index (χ3n) is 7.16. The summed E-state index contributed by atoms with van der Waals surface area (Å²) in [4.78, 5) is 0. The molecule has 6 atom stereocenters. The van der Waals surface area contributed by atoms with Crippen LogP contribution in [0, 0.1) is 17.8 Å². The minimum atomic E-state index is -3.17. The lowest BCUT2D eigenvalue weighted by Gasteiger charge is -2.42. The first kappa shape index (κ1) is 23.4. The van der Waals surface area contributed by atoms with Crippen LogP contribution in [-0.2, 0) is 27.5 Å². The summed E-state index contributed by atoms with van der Waals surface area (Å²) in [6.07, 6.45) is 3.62. The minimum Gasteiger partial charge on any atom is -0.375 e. The average Bonchev–Trinajstić information content (AvgIpc) is 2.73. The Morgan fingerprint density at radius 1 is 0.677 bits per heavy atom. The van der Waals surface area contributed by atoms with E-state index in [-0.39, 0.29) is 18.3 Å². The lowest BCUT2D eigenvalue weighted by Crippen LogP contribution is -2.62. The van der Waals surface area contributed by atoms with Gasteiger partial charge in [-0.2, -0.15) is 0 Å². The molecular weight excluding hydrogens is 412 g/mol. The second kappa shape index (κ2) is 10.9. The average molecular weight is 451 g/mol. The highest BCUT2D eigenvalue weighted by molar-refractivity contribution is 6.75. The summed E-state index contributed by atoms with van der Waals surface area (Å²) in [6, 6.07) is 10.2. The molecule has 31 heavy (non-hydrogen) atoms. The fraction of sp³-hybridized carbons (Fsp3) is 0.750. The Hall–Kier alpha value is -0.803. The van der Waals surface area contributed by atoms with Crippen molar-refractivity contribution in [3.63, 3.8) is 0 Å². The summed E-state index contributed by atoms with van der Waals surface area (Å²) in [5.74, 6) is 1.63. The van der Waals surface area contributed by atoms with Crippen LogP contribution in [0.15, 0.2) is 30.3 Å². The molecule has 0 aliphatic carbocycles. The second-order valence-corrected chi connectivity index (χ2v) is 11.5. The number of hydrogen-bond donors (Lipinski definition) is 0. The van der Waals surface area contributed by atoms with Crippen LogP contribution in [0.3, 0.4) is 0 Å². The molecule has 7 heteroatoms. The van der Waals surface area contributed by atoms with Gasteiger partial charge in [-0.3, -0.25) is 0 Å². The summed E-state index contributed by atoms with van der Waals surface area (Å²) < 4.78 is 37.1. The third kappa shape index (κ3) is 5.24.